The minimum atomic E-state index is -3.03. The van der Waals surface area contributed by atoms with Gasteiger partial charge in [-0.05, 0) is 53.6 Å². The van der Waals surface area contributed by atoms with Gasteiger partial charge >= 0.3 is 5.97 Å². The molecule has 116 valence electrons. The van der Waals surface area contributed by atoms with Crippen LogP contribution >= 0.6 is 22.6 Å². The highest BCUT2D eigenvalue weighted by atomic mass is 127. The van der Waals surface area contributed by atoms with Gasteiger partial charge in [0, 0.05) is 15.7 Å². The molecule has 0 saturated carbocycles. The lowest BCUT2D eigenvalue weighted by atomic mass is 10.0. The number of halogens is 1. The lowest BCUT2D eigenvalue weighted by Crippen LogP contribution is -2.41. The number of nitrogens with zero attached hydrogens (tertiary/aromatic N) is 1. The van der Waals surface area contributed by atoms with Crippen molar-refractivity contribution in [3.8, 4) is 0 Å². The van der Waals surface area contributed by atoms with Gasteiger partial charge in [0.05, 0.1) is 18.1 Å². The molecule has 1 aromatic rings. The monoisotopic (exact) mass is 423 g/mol. The molecule has 2 atom stereocenters. The first-order chi connectivity index (χ1) is 9.78. The van der Waals surface area contributed by atoms with Gasteiger partial charge in [-0.3, -0.25) is 9.69 Å². The summed E-state index contributed by atoms with van der Waals surface area (Å²) in [6, 6.07) is 7.51. The number of carboxylic acid groups (broad SMARTS) is 1. The molecule has 0 amide bonds. The number of benzene rings is 1. The first-order valence-corrected chi connectivity index (χ1v) is 9.62. The fraction of sp³-hybridized carbons (Fsp3) is 0.500. The van der Waals surface area contributed by atoms with E-state index in [9.17, 15) is 13.2 Å². The second-order valence-corrected chi connectivity index (χ2v) is 8.82. The van der Waals surface area contributed by atoms with Crippen LogP contribution in [0.4, 0.5) is 0 Å². The van der Waals surface area contributed by atoms with Crippen LogP contribution in [0.1, 0.15) is 24.9 Å². The number of sulfone groups is 1. The Bertz CT molecular complexity index is 614. The van der Waals surface area contributed by atoms with Crippen LogP contribution in [0.15, 0.2) is 24.3 Å². The maximum Gasteiger partial charge on any atom is 0.317 e. The molecule has 0 radical (unpaired) electrons. The first-order valence-electron chi connectivity index (χ1n) is 6.72. The largest absolute Gasteiger partial charge is 0.480 e. The molecule has 1 aliphatic heterocycles. The molecule has 7 heteroatoms. The Kier molecular flexibility index (Phi) is 5.26. The fourth-order valence-corrected chi connectivity index (χ4v) is 4.81. The first kappa shape index (κ1) is 16.7. The van der Waals surface area contributed by atoms with E-state index in [1.54, 1.807) is 4.90 Å². The van der Waals surface area contributed by atoms with E-state index in [4.69, 9.17) is 5.11 Å². The lowest BCUT2D eigenvalue weighted by Gasteiger charge is -2.32. The number of rotatable bonds is 5. The van der Waals surface area contributed by atoms with Crippen molar-refractivity contribution in [2.24, 2.45) is 0 Å². The molecule has 1 aromatic carbocycles. The predicted octanol–water partition coefficient (Wildman–Crippen LogP) is 1.93. The zero-order chi connectivity index (χ0) is 15.6. The Balaban J connectivity index is 2.23. The van der Waals surface area contributed by atoms with E-state index in [-0.39, 0.29) is 30.1 Å². The van der Waals surface area contributed by atoms with Gasteiger partial charge in [-0.1, -0.05) is 12.1 Å². The zero-order valence-electron chi connectivity index (χ0n) is 11.7. The predicted molar refractivity (Wildman–Crippen MR) is 89.0 cm³/mol. The fourth-order valence-electron chi connectivity index (χ4n) is 2.71. The van der Waals surface area contributed by atoms with Crippen LogP contribution in [0.3, 0.4) is 0 Å². The normalized spacial score (nSPS) is 22.3. The van der Waals surface area contributed by atoms with Crippen molar-refractivity contribution in [3.05, 3.63) is 33.4 Å². The van der Waals surface area contributed by atoms with E-state index >= 15 is 0 Å². The van der Waals surface area contributed by atoms with Crippen molar-refractivity contribution in [3.63, 3.8) is 0 Å². The van der Waals surface area contributed by atoms with Gasteiger partial charge in [0.25, 0.3) is 0 Å². The third-order valence-corrected chi connectivity index (χ3v) is 6.31. The molecule has 2 rings (SSSR count). The molecule has 0 aromatic heterocycles. The van der Waals surface area contributed by atoms with E-state index in [1.807, 2.05) is 31.2 Å². The maximum absolute atomic E-state index is 11.7. The number of hydrogen-bond donors (Lipinski definition) is 1. The third-order valence-electron chi connectivity index (χ3n) is 3.85. The number of hydrogen-bond acceptors (Lipinski definition) is 4. The number of carboxylic acids is 1. The summed E-state index contributed by atoms with van der Waals surface area (Å²) >= 11 is 2.21. The molecule has 1 fully saturated rings. The van der Waals surface area contributed by atoms with Crippen LogP contribution in [-0.4, -0.2) is 48.5 Å². The second-order valence-electron chi connectivity index (χ2n) is 5.35. The summed E-state index contributed by atoms with van der Waals surface area (Å²) in [6.45, 7) is 1.78. The highest BCUT2D eigenvalue weighted by Gasteiger charge is 2.35. The van der Waals surface area contributed by atoms with Gasteiger partial charge in [-0.25, -0.2) is 8.42 Å². The Labute approximate surface area is 138 Å². The van der Waals surface area contributed by atoms with Gasteiger partial charge in [0.2, 0.25) is 0 Å². The molecule has 1 N–H and O–H groups in total. The Morgan fingerprint density at radius 2 is 2.05 bits per heavy atom. The van der Waals surface area contributed by atoms with Crippen LogP contribution in [0, 0.1) is 3.57 Å². The minimum absolute atomic E-state index is 0.0506. The van der Waals surface area contributed by atoms with E-state index in [0.29, 0.717) is 6.42 Å². The summed E-state index contributed by atoms with van der Waals surface area (Å²) in [5.74, 6) is -0.737. The van der Waals surface area contributed by atoms with E-state index < -0.39 is 15.8 Å². The highest BCUT2D eigenvalue weighted by Crippen LogP contribution is 2.28. The van der Waals surface area contributed by atoms with E-state index in [0.717, 1.165) is 9.13 Å². The van der Waals surface area contributed by atoms with Gasteiger partial charge in [0.15, 0.2) is 9.84 Å². The van der Waals surface area contributed by atoms with Crippen LogP contribution < -0.4 is 0 Å². The Hall–Kier alpha value is -0.670. The minimum Gasteiger partial charge on any atom is -0.480 e. The van der Waals surface area contributed by atoms with Crippen LogP contribution in [0.2, 0.25) is 0 Å². The van der Waals surface area contributed by atoms with Crippen molar-refractivity contribution in [2.45, 2.75) is 25.4 Å². The molecule has 1 aliphatic rings. The van der Waals surface area contributed by atoms with Crippen molar-refractivity contribution < 1.29 is 18.3 Å². The zero-order valence-corrected chi connectivity index (χ0v) is 14.7. The average molecular weight is 423 g/mol. The Morgan fingerprint density at radius 3 is 2.52 bits per heavy atom. The molecule has 1 saturated heterocycles. The topological polar surface area (TPSA) is 74.7 Å². The molecule has 0 spiro atoms. The summed E-state index contributed by atoms with van der Waals surface area (Å²) in [5, 5.41) is 9.12. The summed E-state index contributed by atoms with van der Waals surface area (Å²) in [4.78, 5) is 12.9. The van der Waals surface area contributed by atoms with E-state index in [2.05, 4.69) is 22.6 Å². The summed E-state index contributed by atoms with van der Waals surface area (Å²) in [6.07, 6.45) is 0.504. The van der Waals surface area contributed by atoms with Gasteiger partial charge < -0.3 is 5.11 Å². The van der Waals surface area contributed by atoms with E-state index in [1.165, 1.54) is 0 Å². The van der Waals surface area contributed by atoms with Crippen molar-refractivity contribution >= 4 is 38.4 Å². The lowest BCUT2D eigenvalue weighted by molar-refractivity contribution is -0.139. The quantitative estimate of drug-likeness (QED) is 0.733. The standard InChI is InChI=1S/C14H18INO4S/c1-10(11-2-4-12(15)5-3-11)16(8-14(17)18)13-6-7-21(19,20)9-13/h2-5,10,13H,6-9H2,1H3,(H,17,18). The Morgan fingerprint density at radius 1 is 1.43 bits per heavy atom. The second kappa shape index (κ2) is 6.62. The summed E-state index contributed by atoms with van der Waals surface area (Å²) in [7, 11) is -3.03. The smallest absolute Gasteiger partial charge is 0.317 e. The average Bonchev–Trinajstić information content (AvgIpc) is 2.76. The van der Waals surface area contributed by atoms with Gasteiger partial charge in [0.1, 0.15) is 0 Å². The molecular weight excluding hydrogens is 405 g/mol. The van der Waals surface area contributed by atoms with Crippen molar-refractivity contribution in [1.29, 1.82) is 0 Å². The molecule has 5 nitrogen and oxygen atoms in total. The molecular formula is C14H18INO4S. The molecule has 0 aliphatic carbocycles. The summed E-state index contributed by atoms with van der Waals surface area (Å²) < 4.78 is 24.4. The number of carbonyl (C=O) groups is 1. The van der Waals surface area contributed by atoms with Crippen LogP contribution in [0.5, 0.6) is 0 Å². The molecule has 2 unspecified atom stereocenters. The highest BCUT2D eigenvalue weighted by molar-refractivity contribution is 14.1. The van der Waals surface area contributed by atoms with Gasteiger partial charge in [-0.2, -0.15) is 0 Å². The molecule has 0 bridgehead atoms. The van der Waals surface area contributed by atoms with Crippen LogP contribution in [-0.2, 0) is 14.6 Å². The van der Waals surface area contributed by atoms with Crippen LogP contribution in [0.25, 0.3) is 0 Å². The van der Waals surface area contributed by atoms with Crippen molar-refractivity contribution in [1.82, 2.24) is 4.90 Å². The third kappa shape index (κ3) is 4.40. The molecule has 1 heterocycles. The maximum atomic E-state index is 11.7. The van der Waals surface area contributed by atoms with Gasteiger partial charge in [-0.15, -0.1) is 0 Å². The summed E-state index contributed by atoms with van der Waals surface area (Å²) in [5.41, 5.74) is 1.00. The molecule has 21 heavy (non-hydrogen) atoms. The SMILES string of the molecule is CC(c1ccc(I)cc1)N(CC(=O)O)C1CCS(=O)(=O)C1. The number of aliphatic carboxylic acids is 1. The van der Waals surface area contributed by atoms with Crippen molar-refractivity contribution in [2.75, 3.05) is 18.1 Å².